The maximum atomic E-state index is 12.9. The summed E-state index contributed by atoms with van der Waals surface area (Å²) in [6, 6.07) is 10.00. The summed E-state index contributed by atoms with van der Waals surface area (Å²) in [5, 5.41) is 3.03. The number of halogens is 1. The van der Waals surface area contributed by atoms with E-state index in [1.807, 2.05) is 18.2 Å². The third-order valence-corrected chi connectivity index (χ3v) is 8.47. The maximum Gasteiger partial charge on any atom is 0.243 e. The van der Waals surface area contributed by atoms with Gasteiger partial charge in [-0.2, -0.15) is 4.31 Å². The first-order valence-corrected chi connectivity index (χ1v) is 13.4. The first-order valence-electron chi connectivity index (χ1n) is 10.6. The fourth-order valence-corrected chi connectivity index (χ4v) is 6.02. The molecule has 32 heavy (non-hydrogen) atoms. The summed E-state index contributed by atoms with van der Waals surface area (Å²) in [6.45, 7) is 2.24. The van der Waals surface area contributed by atoms with Crippen LogP contribution in [0, 0.1) is 0 Å². The molecule has 2 aliphatic rings. The van der Waals surface area contributed by atoms with Gasteiger partial charge in [0.1, 0.15) is 0 Å². The second-order valence-corrected chi connectivity index (χ2v) is 11.0. The van der Waals surface area contributed by atoms with Crippen molar-refractivity contribution in [1.29, 1.82) is 0 Å². The Bertz CT molecular complexity index is 1090. The fraction of sp³-hybridized carbons (Fsp3) is 0.409. The van der Waals surface area contributed by atoms with Gasteiger partial charge in [-0.05, 0) is 49.2 Å². The third-order valence-electron chi connectivity index (χ3n) is 5.25. The number of anilines is 1. The third kappa shape index (κ3) is 5.51. The van der Waals surface area contributed by atoms with E-state index in [-0.39, 0.29) is 27.3 Å². The number of hydrogen-bond donors (Lipinski definition) is 1. The largest absolute Gasteiger partial charge is 0.490 e. The number of sulfonamides is 1. The number of hydrogen-bond acceptors (Lipinski definition) is 6. The van der Waals surface area contributed by atoms with Crippen LogP contribution in [0.2, 0.25) is 5.02 Å². The van der Waals surface area contributed by atoms with Crippen LogP contribution in [0.3, 0.4) is 0 Å². The molecule has 0 unspecified atom stereocenters. The Morgan fingerprint density at radius 3 is 2.53 bits per heavy atom. The Hall–Kier alpha value is -1.94. The first kappa shape index (κ1) is 23.2. The number of benzene rings is 2. The average molecular weight is 497 g/mol. The van der Waals surface area contributed by atoms with E-state index in [0.717, 1.165) is 30.6 Å². The van der Waals surface area contributed by atoms with Crippen molar-refractivity contribution >= 4 is 45.0 Å². The van der Waals surface area contributed by atoms with Crippen LogP contribution in [-0.2, 0) is 14.8 Å². The van der Waals surface area contributed by atoms with E-state index in [1.165, 1.54) is 34.3 Å². The highest BCUT2D eigenvalue weighted by molar-refractivity contribution is 8.00. The van der Waals surface area contributed by atoms with Crippen LogP contribution in [0.15, 0.2) is 46.2 Å². The van der Waals surface area contributed by atoms with Gasteiger partial charge in [0, 0.05) is 24.4 Å². The lowest BCUT2D eigenvalue weighted by atomic mass is 10.2. The standard InChI is InChI=1S/C22H25ClN2O5S2/c23-18-7-6-17(32(27,28)25-9-2-1-3-10-25)14-19(18)24-22(26)15-31-16-5-8-20-21(13-16)30-12-4-11-29-20/h5-8,13-14H,1-4,9-12,15H2,(H,24,26). The van der Waals surface area contributed by atoms with E-state index in [2.05, 4.69) is 5.32 Å². The Morgan fingerprint density at radius 1 is 1.00 bits per heavy atom. The molecule has 0 saturated carbocycles. The van der Waals surface area contributed by atoms with Crippen molar-refractivity contribution < 1.29 is 22.7 Å². The zero-order chi connectivity index (χ0) is 22.6. The van der Waals surface area contributed by atoms with Gasteiger partial charge in [-0.25, -0.2) is 8.42 Å². The predicted octanol–water partition coefficient (Wildman–Crippen LogP) is 4.41. The van der Waals surface area contributed by atoms with Crippen molar-refractivity contribution in [3.63, 3.8) is 0 Å². The fourth-order valence-electron chi connectivity index (χ4n) is 3.58. The second kappa shape index (κ2) is 10.3. The molecule has 0 aliphatic carbocycles. The van der Waals surface area contributed by atoms with Crippen molar-refractivity contribution in [2.45, 2.75) is 35.5 Å². The number of carbonyl (C=O) groups excluding carboxylic acids is 1. The zero-order valence-electron chi connectivity index (χ0n) is 17.5. The molecule has 4 rings (SSSR count). The molecular formula is C22H25ClN2O5S2. The minimum Gasteiger partial charge on any atom is -0.490 e. The monoisotopic (exact) mass is 496 g/mol. The van der Waals surface area contributed by atoms with Crippen molar-refractivity contribution in [3.05, 3.63) is 41.4 Å². The summed E-state index contributed by atoms with van der Waals surface area (Å²) >= 11 is 7.58. The molecule has 172 valence electrons. The molecule has 0 aromatic heterocycles. The molecule has 0 spiro atoms. The molecule has 1 saturated heterocycles. The summed E-state index contributed by atoms with van der Waals surface area (Å²) < 4.78 is 38.7. The number of nitrogens with one attached hydrogen (secondary N) is 1. The van der Waals surface area contributed by atoms with Gasteiger partial charge in [-0.3, -0.25) is 4.79 Å². The number of amides is 1. The van der Waals surface area contributed by atoms with Crippen LogP contribution in [0.5, 0.6) is 11.5 Å². The number of piperidine rings is 1. The first-order chi connectivity index (χ1) is 15.4. The maximum absolute atomic E-state index is 12.9. The number of carbonyl (C=O) groups is 1. The highest BCUT2D eigenvalue weighted by Crippen LogP contribution is 2.34. The molecule has 7 nitrogen and oxygen atoms in total. The average Bonchev–Trinajstić information content (AvgIpc) is 3.04. The summed E-state index contributed by atoms with van der Waals surface area (Å²) in [5.74, 6) is 1.23. The van der Waals surface area contributed by atoms with Gasteiger partial charge >= 0.3 is 0 Å². The highest BCUT2D eigenvalue weighted by Gasteiger charge is 2.26. The van der Waals surface area contributed by atoms with Crippen LogP contribution in [0.4, 0.5) is 5.69 Å². The van der Waals surface area contributed by atoms with Crippen molar-refractivity contribution in [1.82, 2.24) is 4.31 Å². The van der Waals surface area contributed by atoms with Gasteiger partial charge in [0.2, 0.25) is 15.9 Å². The molecule has 2 aromatic rings. The lowest BCUT2D eigenvalue weighted by molar-refractivity contribution is -0.113. The number of thioether (sulfide) groups is 1. The minimum absolute atomic E-state index is 0.134. The van der Waals surface area contributed by atoms with Gasteiger partial charge < -0.3 is 14.8 Å². The summed E-state index contributed by atoms with van der Waals surface area (Å²) in [7, 11) is -3.61. The van der Waals surface area contributed by atoms with Crippen molar-refractivity contribution in [2.24, 2.45) is 0 Å². The van der Waals surface area contributed by atoms with Gasteiger partial charge in [-0.1, -0.05) is 18.0 Å². The summed E-state index contributed by atoms with van der Waals surface area (Å²) in [6.07, 6.45) is 3.57. The number of nitrogens with zero attached hydrogens (tertiary/aromatic N) is 1. The highest BCUT2D eigenvalue weighted by atomic mass is 35.5. The van der Waals surface area contributed by atoms with Gasteiger partial charge in [0.05, 0.1) is 34.6 Å². The Kier molecular flexibility index (Phi) is 7.50. The molecule has 1 amide bonds. The molecule has 0 radical (unpaired) electrons. The molecule has 1 fully saturated rings. The van der Waals surface area contributed by atoms with Crippen LogP contribution in [0.1, 0.15) is 25.7 Å². The minimum atomic E-state index is -3.61. The number of rotatable bonds is 6. The molecule has 10 heteroatoms. The van der Waals surface area contributed by atoms with Crippen LogP contribution >= 0.6 is 23.4 Å². The van der Waals surface area contributed by atoms with E-state index < -0.39 is 10.0 Å². The van der Waals surface area contributed by atoms with Crippen LogP contribution in [0.25, 0.3) is 0 Å². The van der Waals surface area contributed by atoms with Crippen LogP contribution < -0.4 is 14.8 Å². The van der Waals surface area contributed by atoms with Gasteiger partial charge in [0.25, 0.3) is 0 Å². The smallest absolute Gasteiger partial charge is 0.243 e. The number of fused-ring (bicyclic) bond motifs is 1. The molecule has 0 bridgehead atoms. The lowest BCUT2D eigenvalue weighted by Crippen LogP contribution is -2.35. The van der Waals surface area contributed by atoms with Gasteiger partial charge in [-0.15, -0.1) is 11.8 Å². The van der Waals surface area contributed by atoms with E-state index in [9.17, 15) is 13.2 Å². The van der Waals surface area contributed by atoms with E-state index in [1.54, 1.807) is 0 Å². The second-order valence-electron chi connectivity index (χ2n) is 7.60. The molecular weight excluding hydrogens is 472 g/mol. The zero-order valence-corrected chi connectivity index (χ0v) is 19.9. The Labute approximate surface area is 197 Å². The van der Waals surface area contributed by atoms with Crippen molar-refractivity contribution in [3.8, 4) is 11.5 Å². The summed E-state index contributed by atoms with van der Waals surface area (Å²) in [4.78, 5) is 13.5. The predicted molar refractivity (Wildman–Crippen MR) is 125 cm³/mol. The lowest BCUT2D eigenvalue weighted by Gasteiger charge is -2.26. The molecule has 0 atom stereocenters. The van der Waals surface area contributed by atoms with Crippen LogP contribution in [-0.4, -0.2) is 50.7 Å². The Morgan fingerprint density at radius 2 is 1.75 bits per heavy atom. The SMILES string of the molecule is O=C(CSc1ccc2c(c1)OCCCO2)Nc1cc(S(=O)(=O)N2CCCCC2)ccc1Cl. The molecule has 2 aliphatic heterocycles. The van der Waals surface area contributed by atoms with E-state index in [4.69, 9.17) is 21.1 Å². The molecule has 2 heterocycles. The van der Waals surface area contributed by atoms with E-state index in [0.29, 0.717) is 37.8 Å². The van der Waals surface area contributed by atoms with Gasteiger partial charge in [0.15, 0.2) is 11.5 Å². The summed E-state index contributed by atoms with van der Waals surface area (Å²) in [5.41, 5.74) is 0.286. The molecule has 1 N–H and O–H groups in total. The number of ether oxygens (including phenoxy) is 2. The normalized spacial score (nSPS) is 16.9. The molecule has 2 aromatic carbocycles. The topological polar surface area (TPSA) is 84.9 Å². The van der Waals surface area contributed by atoms with E-state index >= 15 is 0 Å². The quantitative estimate of drug-likeness (QED) is 0.596. The van der Waals surface area contributed by atoms with Crippen molar-refractivity contribution in [2.75, 3.05) is 37.4 Å². The Balaban J connectivity index is 1.41.